The quantitative estimate of drug-likeness (QED) is 0.793. The van der Waals surface area contributed by atoms with Crippen LogP contribution < -0.4 is 0 Å². The Labute approximate surface area is 87.2 Å². The number of hydrogen-bond acceptors (Lipinski definition) is 1. The molecular formula is C7H3BrCl2O2. The second-order valence-electron chi connectivity index (χ2n) is 2.05. The van der Waals surface area contributed by atoms with E-state index in [0.717, 1.165) is 0 Å². The lowest BCUT2D eigenvalue weighted by Crippen LogP contribution is -1.97. The van der Waals surface area contributed by atoms with E-state index in [1.54, 1.807) is 0 Å². The van der Waals surface area contributed by atoms with Crippen LogP contribution in [0.15, 0.2) is 16.6 Å². The lowest BCUT2D eigenvalue weighted by molar-refractivity contribution is 0.0696. The molecule has 64 valence electrons. The van der Waals surface area contributed by atoms with Crippen LogP contribution in [-0.2, 0) is 0 Å². The Morgan fingerprint density at radius 1 is 1.42 bits per heavy atom. The molecule has 0 bridgehead atoms. The molecule has 1 aromatic rings. The summed E-state index contributed by atoms with van der Waals surface area (Å²) < 4.78 is 0.348. The van der Waals surface area contributed by atoms with Crippen molar-refractivity contribution in [3.8, 4) is 0 Å². The molecule has 0 aliphatic rings. The molecule has 0 saturated heterocycles. The Kier molecular flexibility index (Phi) is 2.99. The van der Waals surface area contributed by atoms with Crippen LogP contribution >= 0.6 is 39.1 Å². The van der Waals surface area contributed by atoms with Crippen molar-refractivity contribution in [2.75, 3.05) is 0 Å². The first-order chi connectivity index (χ1) is 5.52. The topological polar surface area (TPSA) is 37.3 Å². The van der Waals surface area contributed by atoms with E-state index in [1.807, 2.05) is 0 Å². The maximum absolute atomic E-state index is 10.6. The van der Waals surface area contributed by atoms with Crippen molar-refractivity contribution < 1.29 is 9.90 Å². The molecule has 12 heavy (non-hydrogen) atoms. The molecule has 0 spiro atoms. The molecule has 1 rings (SSSR count). The van der Waals surface area contributed by atoms with Gasteiger partial charge >= 0.3 is 5.97 Å². The summed E-state index contributed by atoms with van der Waals surface area (Å²) in [5.74, 6) is -1.06. The van der Waals surface area contributed by atoms with Crippen LogP contribution in [0.4, 0.5) is 0 Å². The minimum absolute atomic E-state index is 0.0625. The standard InChI is InChI=1S/C7H3BrCl2O2/c8-6-4(7(11)12)1-3(9)2-5(6)10/h1-2H,(H,11,12). The molecule has 0 aliphatic heterocycles. The van der Waals surface area contributed by atoms with Gasteiger partial charge in [-0.1, -0.05) is 23.2 Å². The fraction of sp³-hybridized carbons (Fsp3) is 0. The molecule has 0 fully saturated rings. The summed E-state index contributed by atoms with van der Waals surface area (Å²) in [5, 5.41) is 9.26. The van der Waals surface area contributed by atoms with E-state index in [2.05, 4.69) is 15.9 Å². The number of aromatic carboxylic acids is 1. The van der Waals surface area contributed by atoms with E-state index >= 15 is 0 Å². The van der Waals surface area contributed by atoms with Crippen molar-refractivity contribution in [2.24, 2.45) is 0 Å². The van der Waals surface area contributed by atoms with Crippen molar-refractivity contribution in [3.05, 3.63) is 32.2 Å². The van der Waals surface area contributed by atoms with Crippen molar-refractivity contribution in [2.45, 2.75) is 0 Å². The zero-order valence-electron chi connectivity index (χ0n) is 5.64. The second kappa shape index (κ2) is 3.64. The summed E-state index contributed by atoms with van der Waals surface area (Å²) in [4.78, 5) is 10.6. The van der Waals surface area contributed by atoms with Crippen LogP contribution in [-0.4, -0.2) is 11.1 Å². The van der Waals surface area contributed by atoms with Crippen molar-refractivity contribution in [1.29, 1.82) is 0 Å². The van der Waals surface area contributed by atoms with Gasteiger partial charge in [-0.2, -0.15) is 0 Å². The fourth-order valence-electron chi connectivity index (χ4n) is 0.712. The molecule has 2 nitrogen and oxygen atoms in total. The Hall–Kier alpha value is -0.250. The van der Waals surface area contributed by atoms with Gasteiger partial charge in [0.05, 0.1) is 15.1 Å². The van der Waals surface area contributed by atoms with E-state index in [9.17, 15) is 4.79 Å². The van der Waals surface area contributed by atoms with Gasteiger partial charge < -0.3 is 5.11 Å². The third-order valence-corrected chi connectivity index (χ3v) is 2.82. The number of hydrogen-bond donors (Lipinski definition) is 1. The monoisotopic (exact) mass is 268 g/mol. The summed E-state index contributed by atoms with van der Waals surface area (Å²) in [6, 6.07) is 2.81. The van der Waals surface area contributed by atoms with Crippen LogP contribution in [0, 0.1) is 0 Å². The fourth-order valence-corrected chi connectivity index (χ4v) is 1.60. The molecule has 0 radical (unpaired) electrons. The highest BCUT2D eigenvalue weighted by atomic mass is 79.9. The zero-order valence-corrected chi connectivity index (χ0v) is 8.74. The molecule has 0 heterocycles. The lowest BCUT2D eigenvalue weighted by atomic mass is 10.2. The van der Waals surface area contributed by atoms with Crippen LogP contribution in [0.25, 0.3) is 0 Å². The molecule has 0 aliphatic carbocycles. The number of halogens is 3. The Bertz CT molecular complexity index is 338. The summed E-state index contributed by atoms with van der Waals surface area (Å²) in [7, 11) is 0. The first-order valence-corrected chi connectivity index (χ1v) is 4.45. The minimum Gasteiger partial charge on any atom is -0.478 e. The van der Waals surface area contributed by atoms with E-state index in [-0.39, 0.29) is 5.56 Å². The molecule has 5 heteroatoms. The number of benzene rings is 1. The predicted molar refractivity (Wildman–Crippen MR) is 51.1 cm³/mol. The van der Waals surface area contributed by atoms with Gasteiger partial charge in [0.2, 0.25) is 0 Å². The summed E-state index contributed by atoms with van der Waals surface area (Å²) >= 11 is 14.3. The van der Waals surface area contributed by atoms with Gasteiger partial charge in [-0.15, -0.1) is 0 Å². The van der Waals surface area contributed by atoms with Crippen molar-refractivity contribution in [1.82, 2.24) is 0 Å². The highest BCUT2D eigenvalue weighted by Gasteiger charge is 2.12. The first kappa shape index (κ1) is 9.84. The Morgan fingerprint density at radius 3 is 2.50 bits per heavy atom. The first-order valence-electron chi connectivity index (χ1n) is 2.90. The number of carbonyl (C=O) groups is 1. The number of carboxylic acids is 1. The van der Waals surface area contributed by atoms with Gasteiger partial charge in [-0.3, -0.25) is 0 Å². The third kappa shape index (κ3) is 1.91. The predicted octanol–water partition coefficient (Wildman–Crippen LogP) is 3.45. The van der Waals surface area contributed by atoms with Crippen LogP contribution in [0.3, 0.4) is 0 Å². The van der Waals surface area contributed by atoms with Crippen LogP contribution in [0.2, 0.25) is 10.0 Å². The minimum atomic E-state index is -1.06. The summed E-state index contributed by atoms with van der Waals surface area (Å²) in [5.41, 5.74) is 0.0625. The highest BCUT2D eigenvalue weighted by molar-refractivity contribution is 9.10. The maximum Gasteiger partial charge on any atom is 0.336 e. The SMILES string of the molecule is O=C(O)c1cc(Cl)cc(Cl)c1Br. The molecule has 1 aromatic carbocycles. The van der Waals surface area contributed by atoms with Gasteiger partial charge in [0, 0.05) is 5.02 Å². The molecular weight excluding hydrogens is 267 g/mol. The molecule has 0 amide bonds. The molecule has 0 unspecified atom stereocenters. The maximum atomic E-state index is 10.6. The normalized spacial score (nSPS) is 9.92. The second-order valence-corrected chi connectivity index (χ2v) is 3.69. The van der Waals surface area contributed by atoms with E-state index in [0.29, 0.717) is 14.5 Å². The van der Waals surface area contributed by atoms with Gasteiger partial charge in [0.25, 0.3) is 0 Å². The lowest BCUT2D eigenvalue weighted by Gasteiger charge is -2.01. The van der Waals surface area contributed by atoms with E-state index in [4.69, 9.17) is 28.3 Å². The summed E-state index contributed by atoms with van der Waals surface area (Å²) in [6.07, 6.45) is 0. The summed E-state index contributed by atoms with van der Waals surface area (Å²) in [6.45, 7) is 0. The number of rotatable bonds is 1. The molecule has 1 N–H and O–H groups in total. The zero-order chi connectivity index (χ0) is 9.30. The van der Waals surface area contributed by atoms with E-state index < -0.39 is 5.97 Å². The third-order valence-electron chi connectivity index (χ3n) is 1.22. The van der Waals surface area contributed by atoms with Crippen molar-refractivity contribution in [3.63, 3.8) is 0 Å². The van der Waals surface area contributed by atoms with Gasteiger partial charge in [-0.25, -0.2) is 4.79 Å². The molecule has 0 saturated carbocycles. The Morgan fingerprint density at radius 2 is 2.00 bits per heavy atom. The largest absolute Gasteiger partial charge is 0.478 e. The smallest absolute Gasteiger partial charge is 0.336 e. The van der Waals surface area contributed by atoms with Crippen molar-refractivity contribution >= 4 is 45.1 Å². The molecule has 0 aromatic heterocycles. The molecule has 0 atom stereocenters. The van der Waals surface area contributed by atoms with Gasteiger partial charge in [0.1, 0.15) is 0 Å². The van der Waals surface area contributed by atoms with E-state index in [1.165, 1.54) is 12.1 Å². The Balaban J connectivity index is 3.37. The van der Waals surface area contributed by atoms with Gasteiger partial charge in [0.15, 0.2) is 0 Å². The average Bonchev–Trinajstić information content (AvgIpc) is 1.96. The highest BCUT2D eigenvalue weighted by Crippen LogP contribution is 2.29. The van der Waals surface area contributed by atoms with Crippen LogP contribution in [0.5, 0.6) is 0 Å². The average molecular weight is 270 g/mol. The number of carboxylic acid groups (broad SMARTS) is 1. The van der Waals surface area contributed by atoms with Crippen LogP contribution in [0.1, 0.15) is 10.4 Å². The van der Waals surface area contributed by atoms with Gasteiger partial charge in [-0.05, 0) is 28.1 Å².